The Kier molecular flexibility index (Phi) is 4.61. The van der Waals surface area contributed by atoms with Gasteiger partial charge in [-0.1, -0.05) is 0 Å². The number of fused-ring (bicyclic) bond motifs is 1. The number of aliphatic hydroxyl groups is 2. The number of ether oxygens (including phenoxy) is 1. The second-order valence-electron chi connectivity index (χ2n) is 5.08. The number of imidazole rings is 1. The van der Waals surface area contributed by atoms with E-state index >= 15 is 0 Å². The highest BCUT2D eigenvalue weighted by Gasteiger charge is 2.45. The smallest absolute Gasteiger partial charge is 0.312 e. The van der Waals surface area contributed by atoms with Crippen LogP contribution in [0.15, 0.2) is 6.33 Å². The van der Waals surface area contributed by atoms with Gasteiger partial charge in [-0.2, -0.15) is 14.4 Å². The van der Waals surface area contributed by atoms with Gasteiger partial charge in [0.1, 0.15) is 6.10 Å². The molecule has 0 spiro atoms. The van der Waals surface area contributed by atoms with Crippen molar-refractivity contribution in [3.05, 3.63) is 12.4 Å². The molecule has 11 nitrogen and oxygen atoms in total. The van der Waals surface area contributed by atoms with Crippen LogP contribution in [0.5, 0.6) is 0 Å². The van der Waals surface area contributed by atoms with Crippen molar-refractivity contribution >= 4 is 34.6 Å². The minimum atomic E-state index is -4.23. The molecule has 0 saturated carbocycles. The van der Waals surface area contributed by atoms with Crippen LogP contribution in [0.4, 0.5) is 10.2 Å². The summed E-state index contributed by atoms with van der Waals surface area (Å²) in [5.41, 5.74) is 5.63. The molecule has 3 rings (SSSR count). The average molecular weight is 383 g/mol. The lowest BCUT2D eigenvalue weighted by Crippen LogP contribution is -2.33. The first kappa shape index (κ1) is 17.6. The van der Waals surface area contributed by atoms with E-state index in [1.807, 2.05) is 0 Å². The van der Waals surface area contributed by atoms with Gasteiger partial charge < -0.3 is 35.4 Å². The second kappa shape index (κ2) is 6.28. The maximum Gasteiger partial charge on any atom is 0.312 e. The number of anilines is 1. The number of hydrogen-bond donors (Lipinski definition) is 7. The Morgan fingerprint density at radius 2 is 2.08 bits per heavy atom. The molecule has 0 amide bonds. The van der Waals surface area contributed by atoms with Crippen LogP contribution in [0.25, 0.3) is 11.2 Å². The molecule has 0 unspecified atom stereocenters. The SMILES string of the molecule is Nc1nc(F)nc2c1ncn2[C@@H]1O[C@H](CO)[C@@H]([SH]=P(O)(O)O)[C@@H]1O. The zero-order valence-corrected chi connectivity index (χ0v) is 13.7. The summed E-state index contributed by atoms with van der Waals surface area (Å²) in [7, 11) is -0.276. The Hall–Kier alpha value is -1.18. The third-order valence-corrected chi connectivity index (χ3v) is 6.44. The molecule has 1 aliphatic rings. The van der Waals surface area contributed by atoms with E-state index in [0.717, 1.165) is 0 Å². The van der Waals surface area contributed by atoms with Crippen LogP contribution in [-0.4, -0.2) is 68.5 Å². The molecular formula is C10H15FN5O6PS. The number of aromatic nitrogens is 4. The molecule has 3 heterocycles. The molecule has 1 fully saturated rings. The topological polar surface area (TPSA) is 180 Å². The standard InChI is InChI=1S/C10H15FN5O6PS/c11-10-14-7(12)4-8(15-10)16(2-13-4)9-5(18)6(3(1-17)22-9)24-23(19,20)21/h2-3,5-6,9,17-21,24H,1H2,(H2,12,14,15)/t3-,5+,6-,9-/m1/s1. The zero-order valence-electron chi connectivity index (χ0n) is 11.9. The van der Waals surface area contributed by atoms with Gasteiger partial charge in [0.25, 0.3) is 6.72 Å². The maximum atomic E-state index is 13.4. The molecule has 2 aromatic rings. The highest BCUT2D eigenvalue weighted by molar-refractivity contribution is 8.16. The van der Waals surface area contributed by atoms with Gasteiger partial charge in [0.2, 0.25) is 0 Å². The number of nitrogens with two attached hydrogens (primary N) is 1. The monoisotopic (exact) mass is 383 g/mol. The van der Waals surface area contributed by atoms with Crippen molar-refractivity contribution in [2.75, 3.05) is 12.3 Å². The quantitative estimate of drug-likeness (QED) is 0.172. The van der Waals surface area contributed by atoms with Crippen LogP contribution in [0.2, 0.25) is 0 Å². The van der Waals surface area contributed by atoms with Crippen LogP contribution < -0.4 is 5.73 Å². The largest absolute Gasteiger partial charge is 0.394 e. The van der Waals surface area contributed by atoms with Crippen molar-refractivity contribution in [3.8, 4) is 0 Å². The van der Waals surface area contributed by atoms with Crippen LogP contribution in [0.3, 0.4) is 0 Å². The molecular weight excluding hydrogens is 368 g/mol. The van der Waals surface area contributed by atoms with Crippen molar-refractivity contribution in [1.82, 2.24) is 19.5 Å². The van der Waals surface area contributed by atoms with E-state index in [4.69, 9.17) is 10.5 Å². The highest BCUT2D eigenvalue weighted by Crippen LogP contribution is 2.39. The van der Waals surface area contributed by atoms with Crippen molar-refractivity contribution < 1.29 is 34.0 Å². The van der Waals surface area contributed by atoms with Crippen LogP contribution >= 0.6 is 6.72 Å². The second-order valence-corrected chi connectivity index (χ2v) is 9.29. The molecule has 24 heavy (non-hydrogen) atoms. The maximum absolute atomic E-state index is 13.4. The molecule has 0 radical (unpaired) electrons. The molecule has 134 valence electrons. The van der Waals surface area contributed by atoms with Gasteiger partial charge in [0, 0.05) is 0 Å². The number of hydrogen-bond acceptors (Lipinski definition) is 7. The van der Waals surface area contributed by atoms with Gasteiger partial charge in [-0.05, 0) is 0 Å². The summed E-state index contributed by atoms with van der Waals surface area (Å²) >= 11 is 0. The van der Waals surface area contributed by atoms with Crippen LogP contribution in [-0.2, 0) is 15.7 Å². The van der Waals surface area contributed by atoms with E-state index < -0.39 is 43.1 Å². The van der Waals surface area contributed by atoms with E-state index in [1.165, 1.54) is 10.9 Å². The normalized spacial score (nSPS) is 27.9. The lowest BCUT2D eigenvalue weighted by molar-refractivity contribution is -0.0486. The fourth-order valence-corrected chi connectivity index (χ4v) is 5.41. The van der Waals surface area contributed by atoms with Crippen molar-refractivity contribution in [1.29, 1.82) is 0 Å². The Morgan fingerprint density at radius 3 is 2.71 bits per heavy atom. The van der Waals surface area contributed by atoms with Crippen molar-refractivity contribution in [3.63, 3.8) is 0 Å². The van der Waals surface area contributed by atoms with Gasteiger partial charge in [0.05, 0.1) is 24.3 Å². The Labute approximate surface area is 137 Å². The Balaban J connectivity index is 2.05. The van der Waals surface area contributed by atoms with Gasteiger partial charge >= 0.3 is 6.08 Å². The summed E-state index contributed by atoms with van der Waals surface area (Å²) in [5.74, 6) is -0.192. The zero-order chi connectivity index (χ0) is 17.6. The lowest BCUT2D eigenvalue weighted by Gasteiger charge is -2.18. The molecule has 7 N–H and O–H groups in total. The number of nitrogen functional groups attached to an aromatic ring is 1. The number of halogens is 1. The Bertz CT molecular complexity index is 821. The summed E-state index contributed by atoms with van der Waals surface area (Å²) in [6, 6.07) is 0. The van der Waals surface area contributed by atoms with Gasteiger partial charge in [-0.25, -0.2) is 4.98 Å². The van der Waals surface area contributed by atoms with E-state index in [-0.39, 0.29) is 27.9 Å². The molecule has 1 saturated heterocycles. The minimum absolute atomic E-state index is 0.0314. The van der Waals surface area contributed by atoms with Gasteiger partial charge in [0.15, 0.2) is 23.2 Å². The highest BCUT2D eigenvalue weighted by atomic mass is 32.5. The first-order valence-electron chi connectivity index (χ1n) is 6.61. The van der Waals surface area contributed by atoms with Crippen molar-refractivity contribution in [2.45, 2.75) is 23.7 Å². The molecule has 2 aromatic heterocycles. The number of rotatable bonds is 3. The molecule has 14 heteroatoms. The molecule has 4 atom stereocenters. The van der Waals surface area contributed by atoms with Gasteiger partial charge in [-0.3, -0.25) is 4.57 Å². The first-order valence-corrected chi connectivity index (χ1v) is 9.92. The Morgan fingerprint density at radius 1 is 1.38 bits per heavy atom. The molecule has 1 aliphatic heterocycles. The summed E-state index contributed by atoms with van der Waals surface area (Å²) in [6.45, 7) is -4.77. The third-order valence-electron chi connectivity index (χ3n) is 3.50. The fraction of sp³-hybridized carbons (Fsp3) is 0.500. The summed E-state index contributed by atoms with van der Waals surface area (Å²) in [5, 5.41) is 18.8. The fourth-order valence-electron chi connectivity index (χ4n) is 2.53. The summed E-state index contributed by atoms with van der Waals surface area (Å²) in [6.07, 6.45) is -3.38. The van der Waals surface area contributed by atoms with Crippen LogP contribution in [0, 0.1) is 6.08 Å². The van der Waals surface area contributed by atoms with E-state index in [0.29, 0.717) is 0 Å². The predicted molar refractivity (Wildman–Crippen MR) is 82.8 cm³/mol. The summed E-state index contributed by atoms with van der Waals surface area (Å²) in [4.78, 5) is 38.5. The first-order chi connectivity index (χ1) is 11.2. The minimum Gasteiger partial charge on any atom is -0.394 e. The predicted octanol–water partition coefficient (Wildman–Crippen LogP) is -2.36. The molecule has 0 aliphatic carbocycles. The average Bonchev–Trinajstić information content (AvgIpc) is 3.00. The number of nitrogens with zero attached hydrogens (tertiary/aromatic N) is 4. The third kappa shape index (κ3) is 3.17. The number of thiol groups is 1. The van der Waals surface area contributed by atoms with Crippen LogP contribution in [0.1, 0.15) is 6.23 Å². The number of aliphatic hydroxyl groups excluding tert-OH is 2. The lowest BCUT2D eigenvalue weighted by atomic mass is 10.2. The summed E-state index contributed by atoms with van der Waals surface area (Å²) < 4.78 is 20.1. The van der Waals surface area contributed by atoms with E-state index in [2.05, 4.69) is 15.0 Å². The van der Waals surface area contributed by atoms with Gasteiger partial charge in [-0.15, -0.1) is 10.9 Å². The van der Waals surface area contributed by atoms with Crippen molar-refractivity contribution in [2.24, 2.45) is 0 Å². The molecule has 0 aromatic carbocycles. The molecule has 0 bridgehead atoms. The van der Waals surface area contributed by atoms with E-state index in [9.17, 15) is 29.3 Å². The van der Waals surface area contributed by atoms with E-state index in [1.54, 1.807) is 0 Å².